The molecule has 1 saturated carbocycles. The SMILES string of the molecule is COc1ccc(C2=COC3CC(OCCN4CCCCC4)CCC3C2=O)cc1. The second-order valence-corrected chi connectivity index (χ2v) is 8.11. The molecule has 0 radical (unpaired) electrons. The van der Waals surface area contributed by atoms with Crippen molar-refractivity contribution >= 4 is 11.4 Å². The number of hydrogen-bond donors (Lipinski definition) is 0. The van der Waals surface area contributed by atoms with E-state index in [9.17, 15) is 4.79 Å². The van der Waals surface area contributed by atoms with Gasteiger partial charge in [0, 0.05) is 13.0 Å². The molecule has 1 aromatic rings. The second-order valence-electron chi connectivity index (χ2n) is 8.11. The van der Waals surface area contributed by atoms with E-state index in [2.05, 4.69) is 4.90 Å². The number of methoxy groups -OCH3 is 1. The van der Waals surface area contributed by atoms with Crippen LogP contribution in [-0.4, -0.2) is 56.2 Å². The second kappa shape index (κ2) is 9.10. The number of benzene rings is 1. The largest absolute Gasteiger partial charge is 0.497 e. The number of hydrogen-bond acceptors (Lipinski definition) is 5. The highest BCUT2D eigenvalue weighted by Crippen LogP contribution is 2.37. The van der Waals surface area contributed by atoms with Gasteiger partial charge in [0.05, 0.1) is 37.6 Å². The lowest BCUT2D eigenvalue weighted by Gasteiger charge is -2.38. The van der Waals surface area contributed by atoms with Crippen LogP contribution >= 0.6 is 0 Å². The van der Waals surface area contributed by atoms with Crippen LogP contribution in [0.4, 0.5) is 0 Å². The molecule has 0 N–H and O–H groups in total. The van der Waals surface area contributed by atoms with Gasteiger partial charge < -0.3 is 19.1 Å². The number of ether oxygens (including phenoxy) is 3. The summed E-state index contributed by atoms with van der Waals surface area (Å²) in [7, 11) is 1.64. The molecule has 28 heavy (non-hydrogen) atoms. The molecule has 1 aromatic carbocycles. The van der Waals surface area contributed by atoms with Gasteiger partial charge in [-0.1, -0.05) is 18.6 Å². The van der Waals surface area contributed by atoms with Gasteiger partial charge in [0.25, 0.3) is 0 Å². The molecule has 3 unspecified atom stereocenters. The number of carbonyl (C=O) groups is 1. The fraction of sp³-hybridized carbons (Fsp3) is 0.609. The van der Waals surface area contributed by atoms with Gasteiger partial charge in [0.2, 0.25) is 0 Å². The van der Waals surface area contributed by atoms with Crippen molar-refractivity contribution in [1.29, 1.82) is 0 Å². The van der Waals surface area contributed by atoms with E-state index in [0.717, 1.165) is 43.7 Å². The number of allylic oxidation sites excluding steroid dienone is 1. The number of carbonyl (C=O) groups excluding carboxylic acids is 1. The van der Waals surface area contributed by atoms with Gasteiger partial charge in [-0.15, -0.1) is 0 Å². The van der Waals surface area contributed by atoms with Crippen LogP contribution in [-0.2, 0) is 14.3 Å². The first-order valence-electron chi connectivity index (χ1n) is 10.6. The Kier molecular flexibility index (Phi) is 6.33. The summed E-state index contributed by atoms with van der Waals surface area (Å²) in [5.41, 5.74) is 1.57. The van der Waals surface area contributed by atoms with Crippen LogP contribution in [0.15, 0.2) is 30.5 Å². The average molecular weight is 386 g/mol. The lowest BCUT2D eigenvalue weighted by atomic mass is 9.78. The van der Waals surface area contributed by atoms with Gasteiger partial charge >= 0.3 is 0 Å². The number of nitrogens with zero attached hydrogens (tertiary/aromatic N) is 1. The predicted molar refractivity (Wildman–Crippen MR) is 108 cm³/mol. The molecular weight excluding hydrogens is 354 g/mol. The molecule has 4 rings (SSSR count). The number of rotatable bonds is 6. The van der Waals surface area contributed by atoms with E-state index in [1.165, 1.54) is 32.4 Å². The van der Waals surface area contributed by atoms with Crippen LogP contribution in [0.5, 0.6) is 5.75 Å². The molecule has 0 spiro atoms. The Labute approximate surface area is 167 Å². The maximum absolute atomic E-state index is 13.0. The topological polar surface area (TPSA) is 48.0 Å². The normalized spacial score (nSPS) is 28.2. The van der Waals surface area contributed by atoms with Crippen molar-refractivity contribution in [2.24, 2.45) is 5.92 Å². The third-order valence-electron chi connectivity index (χ3n) is 6.32. The summed E-state index contributed by atoms with van der Waals surface area (Å²) in [4.78, 5) is 15.5. The van der Waals surface area contributed by atoms with E-state index < -0.39 is 0 Å². The Bertz CT molecular complexity index is 693. The van der Waals surface area contributed by atoms with Gasteiger partial charge in [0.15, 0.2) is 5.78 Å². The zero-order valence-electron chi connectivity index (χ0n) is 16.8. The van der Waals surface area contributed by atoms with Gasteiger partial charge in [-0.25, -0.2) is 0 Å². The molecule has 1 aliphatic carbocycles. The number of likely N-dealkylation sites (tertiary alicyclic amines) is 1. The molecule has 152 valence electrons. The zero-order chi connectivity index (χ0) is 19.3. The van der Waals surface area contributed by atoms with Crippen molar-refractivity contribution in [3.8, 4) is 5.75 Å². The Morgan fingerprint density at radius 3 is 2.64 bits per heavy atom. The minimum Gasteiger partial charge on any atom is -0.497 e. The fourth-order valence-electron chi connectivity index (χ4n) is 4.62. The van der Waals surface area contributed by atoms with E-state index in [-0.39, 0.29) is 23.9 Å². The van der Waals surface area contributed by atoms with Gasteiger partial charge in [-0.05, 0) is 56.5 Å². The van der Waals surface area contributed by atoms with Crippen LogP contribution in [0, 0.1) is 5.92 Å². The molecular formula is C23H31NO4. The van der Waals surface area contributed by atoms with Crippen molar-refractivity contribution in [3.63, 3.8) is 0 Å². The van der Waals surface area contributed by atoms with Gasteiger partial charge in [-0.2, -0.15) is 0 Å². The van der Waals surface area contributed by atoms with Crippen LogP contribution in [0.2, 0.25) is 0 Å². The standard InChI is InChI=1S/C23H31NO4/c1-26-18-7-5-17(6-8-18)21-16-28-22-15-19(9-10-20(22)23(21)25)27-14-13-24-11-3-2-4-12-24/h5-8,16,19-20,22H,2-4,9-15H2,1H3. The molecule has 0 bridgehead atoms. The quantitative estimate of drug-likeness (QED) is 0.748. The Morgan fingerprint density at radius 1 is 1.11 bits per heavy atom. The first-order valence-corrected chi connectivity index (χ1v) is 10.6. The van der Waals surface area contributed by atoms with E-state index in [4.69, 9.17) is 14.2 Å². The molecule has 2 aliphatic heterocycles. The number of piperidine rings is 1. The summed E-state index contributed by atoms with van der Waals surface area (Å²) >= 11 is 0. The maximum Gasteiger partial charge on any atom is 0.173 e. The monoisotopic (exact) mass is 385 g/mol. The van der Waals surface area contributed by atoms with Crippen molar-refractivity contribution in [2.75, 3.05) is 33.4 Å². The van der Waals surface area contributed by atoms with Crippen LogP contribution in [0.1, 0.15) is 44.1 Å². The molecule has 0 aromatic heterocycles. The lowest BCUT2D eigenvalue weighted by molar-refractivity contribution is -0.128. The molecule has 5 nitrogen and oxygen atoms in total. The predicted octanol–water partition coefficient (Wildman–Crippen LogP) is 3.68. The fourth-order valence-corrected chi connectivity index (χ4v) is 4.62. The van der Waals surface area contributed by atoms with Crippen molar-refractivity contribution < 1.29 is 19.0 Å². The molecule has 5 heteroatoms. The maximum atomic E-state index is 13.0. The molecule has 0 amide bonds. The van der Waals surface area contributed by atoms with E-state index in [0.29, 0.717) is 5.57 Å². The molecule has 2 heterocycles. The van der Waals surface area contributed by atoms with Crippen molar-refractivity contribution in [1.82, 2.24) is 4.90 Å². The minimum atomic E-state index is -0.0526. The first kappa shape index (κ1) is 19.5. The van der Waals surface area contributed by atoms with Crippen LogP contribution in [0.3, 0.4) is 0 Å². The summed E-state index contributed by atoms with van der Waals surface area (Å²) in [5, 5.41) is 0. The molecule has 2 fully saturated rings. The number of fused-ring (bicyclic) bond motifs is 1. The van der Waals surface area contributed by atoms with E-state index >= 15 is 0 Å². The average Bonchev–Trinajstić information content (AvgIpc) is 2.75. The third kappa shape index (κ3) is 4.41. The van der Waals surface area contributed by atoms with E-state index in [1.54, 1.807) is 13.4 Å². The summed E-state index contributed by atoms with van der Waals surface area (Å²) in [6.45, 7) is 4.21. The van der Waals surface area contributed by atoms with Gasteiger partial charge in [0.1, 0.15) is 11.9 Å². The number of Topliss-reactive ketones (excluding diaryl/α,β-unsaturated/α-hetero) is 1. The number of ketones is 1. The molecule has 3 aliphatic rings. The van der Waals surface area contributed by atoms with Gasteiger partial charge in [-0.3, -0.25) is 4.79 Å². The first-order chi connectivity index (χ1) is 13.7. The third-order valence-corrected chi connectivity index (χ3v) is 6.32. The summed E-state index contributed by atoms with van der Waals surface area (Å²) < 4.78 is 17.3. The molecule has 3 atom stereocenters. The summed E-state index contributed by atoms with van der Waals surface area (Å²) in [6.07, 6.45) is 8.37. The molecule has 1 saturated heterocycles. The van der Waals surface area contributed by atoms with Crippen LogP contribution < -0.4 is 4.74 Å². The van der Waals surface area contributed by atoms with Crippen molar-refractivity contribution in [3.05, 3.63) is 36.1 Å². The Balaban J connectivity index is 1.30. The zero-order valence-corrected chi connectivity index (χ0v) is 16.8. The van der Waals surface area contributed by atoms with Crippen molar-refractivity contribution in [2.45, 2.75) is 50.7 Å². The smallest absolute Gasteiger partial charge is 0.173 e. The highest BCUT2D eigenvalue weighted by molar-refractivity contribution is 6.22. The highest BCUT2D eigenvalue weighted by atomic mass is 16.5. The van der Waals surface area contributed by atoms with Crippen LogP contribution in [0.25, 0.3) is 5.57 Å². The highest BCUT2D eigenvalue weighted by Gasteiger charge is 2.40. The summed E-state index contributed by atoms with van der Waals surface area (Å²) in [5.74, 6) is 0.936. The Hall–Kier alpha value is -1.85. The Morgan fingerprint density at radius 2 is 1.89 bits per heavy atom. The minimum absolute atomic E-state index is 0.0518. The summed E-state index contributed by atoms with van der Waals surface area (Å²) in [6, 6.07) is 7.59. The lowest BCUT2D eigenvalue weighted by Crippen LogP contribution is -2.42. The van der Waals surface area contributed by atoms with E-state index in [1.807, 2.05) is 24.3 Å².